The smallest absolute Gasteiger partial charge is 0.219 e. The van der Waals surface area contributed by atoms with Crippen LogP contribution in [0.5, 0.6) is 0 Å². The molecular weight excluding hydrogens is 134 g/mol. The second kappa shape index (κ2) is 5.20. The summed E-state index contributed by atoms with van der Waals surface area (Å²) in [7, 11) is 0. The number of rotatable bonds is 5. The van der Waals surface area contributed by atoms with Gasteiger partial charge in [-0.05, 0) is 6.92 Å². The lowest BCUT2D eigenvalue weighted by molar-refractivity contribution is -0.119. The van der Waals surface area contributed by atoms with Crippen LogP contribution in [0.15, 0.2) is 0 Å². The molecule has 0 aliphatic heterocycles. The average Bonchev–Trinajstić information content (AvgIpc) is 1.79. The first kappa shape index (κ1) is 9.39. The van der Waals surface area contributed by atoms with Gasteiger partial charge in [0.1, 0.15) is 0 Å². The minimum Gasteiger partial charge on any atom is -0.391 e. The van der Waals surface area contributed by atoms with Crippen molar-refractivity contribution in [3.05, 3.63) is 0 Å². The number of aliphatic hydroxyl groups is 1. The summed E-state index contributed by atoms with van der Waals surface area (Å²) >= 11 is 0. The van der Waals surface area contributed by atoms with Crippen molar-refractivity contribution in [3.8, 4) is 0 Å². The van der Waals surface area contributed by atoms with E-state index in [4.69, 9.17) is 15.6 Å². The molecule has 0 heterocycles. The van der Waals surface area contributed by atoms with Crippen molar-refractivity contribution in [2.75, 3.05) is 13.2 Å². The van der Waals surface area contributed by atoms with Gasteiger partial charge in [-0.2, -0.15) is 0 Å². The zero-order chi connectivity index (χ0) is 7.98. The molecule has 0 aliphatic carbocycles. The van der Waals surface area contributed by atoms with Crippen LogP contribution in [0.1, 0.15) is 13.3 Å². The Morgan fingerprint density at radius 2 is 2.40 bits per heavy atom. The molecule has 0 aromatic carbocycles. The second-order valence-electron chi connectivity index (χ2n) is 2.14. The maximum atomic E-state index is 10.1. The van der Waals surface area contributed by atoms with E-state index in [2.05, 4.69) is 0 Å². The Labute approximate surface area is 60.0 Å². The van der Waals surface area contributed by atoms with Crippen molar-refractivity contribution in [1.29, 1.82) is 0 Å². The summed E-state index contributed by atoms with van der Waals surface area (Å²) in [5.41, 5.74) is 4.83. The summed E-state index contributed by atoms with van der Waals surface area (Å²) in [6.07, 6.45) is -0.264. The number of ether oxygens (including phenoxy) is 1. The molecule has 0 saturated carbocycles. The summed E-state index contributed by atoms with van der Waals surface area (Å²) in [4.78, 5) is 10.1. The molecule has 0 spiro atoms. The Balaban J connectivity index is 2.98. The van der Waals surface area contributed by atoms with Gasteiger partial charge in [-0.15, -0.1) is 0 Å². The fourth-order valence-corrected chi connectivity index (χ4v) is 0.427. The maximum absolute atomic E-state index is 10.1. The fraction of sp³-hybridized carbons (Fsp3) is 0.833. The molecule has 4 nitrogen and oxygen atoms in total. The van der Waals surface area contributed by atoms with Gasteiger partial charge in [-0.25, -0.2) is 0 Å². The summed E-state index contributed by atoms with van der Waals surface area (Å²) in [5, 5.41) is 8.68. The molecule has 1 amide bonds. The molecule has 0 aliphatic rings. The molecule has 0 aromatic heterocycles. The van der Waals surface area contributed by atoms with Gasteiger partial charge < -0.3 is 15.6 Å². The minimum absolute atomic E-state index is 0.215. The van der Waals surface area contributed by atoms with Crippen LogP contribution in [0.25, 0.3) is 0 Å². The number of carbonyl (C=O) groups is 1. The molecule has 10 heavy (non-hydrogen) atoms. The highest BCUT2D eigenvalue weighted by molar-refractivity contribution is 5.73. The Kier molecular flexibility index (Phi) is 4.88. The molecule has 0 unspecified atom stereocenters. The lowest BCUT2D eigenvalue weighted by Gasteiger charge is -2.03. The highest BCUT2D eigenvalue weighted by atomic mass is 16.5. The van der Waals surface area contributed by atoms with Gasteiger partial charge in [0.05, 0.1) is 19.3 Å². The van der Waals surface area contributed by atoms with Gasteiger partial charge in [0.25, 0.3) is 0 Å². The summed E-state index contributed by atoms with van der Waals surface area (Å²) < 4.78 is 4.86. The first-order valence-electron chi connectivity index (χ1n) is 3.17. The van der Waals surface area contributed by atoms with Gasteiger partial charge in [0.15, 0.2) is 0 Å². The predicted octanol–water partition coefficient (Wildman–Crippen LogP) is -0.741. The monoisotopic (exact) mass is 147 g/mol. The van der Waals surface area contributed by atoms with Crippen LogP contribution >= 0.6 is 0 Å². The summed E-state index contributed by atoms with van der Waals surface area (Å²) in [5.74, 6) is -0.384. The number of aliphatic hydroxyl groups excluding tert-OH is 1. The van der Waals surface area contributed by atoms with Crippen LogP contribution in [-0.4, -0.2) is 30.3 Å². The SMILES string of the molecule is C[C@@H](O)COCCC(N)=O. The zero-order valence-electron chi connectivity index (χ0n) is 6.04. The first-order valence-corrected chi connectivity index (χ1v) is 3.17. The maximum Gasteiger partial charge on any atom is 0.219 e. The number of amides is 1. The number of hydrogen-bond acceptors (Lipinski definition) is 3. The molecule has 0 radical (unpaired) electrons. The molecule has 0 aromatic rings. The van der Waals surface area contributed by atoms with E-state index >= 15 is 0 Å². The third-order valence-electron chi connectivity index (χ3n) is 0.852. The molecule has 4 heteroatoms. The standard InChI is InChI=1S/C6H13NO3/c1-5(8)4-10-3-2-6(7)9/h5,8H,2-4H2,1H3,(H2,7,9)/t5-/m1/s1. The number of carbonyl (C=O) groups excluding carboxylic acids is 1. The van der Waals surface area contributed by atoms with E-state index < -0.39 is 6.10 Å². The number of nitrogens with two attached hydrogens (primary N) is 1. The Morgan fingerprint density at radius 3 is 2.80 bits per heavy atom. The molecule has 0 fully saturated rings. The quantitative estimate of drug-likeness (QED) is 0.503. The van der Waals surface area contributed by atoms with Crippen LogP contribution in [0.4, 0.5) is 0 Å². The van der Waals surface area contributed by atoms with Gasteiger partial charge in [-0.1, -0.05) is 0 Å². The van der Waals surface area contributed by atoms with Crippen LogP contribution in [0.3, 0.4) is 0 Å². The lowest BCUT2D eigenvalue weighted by atomic mass is 10.4. The predicted molar refractivity (Wildman–Crippen MR) is 36.3 cm³/mol. The highest BCUT2D eigenvalue weighted by Gasteiger charge is 1.96. The van der Waals surface area contributed by atoms with E-state index in [0.717, 1.165) is 0 Å². The molecular formula is C6H13NO3. The Bertz CT molecular complexity index is 103. The van der Waals surface area contributed by atoms with Gasteiger partial charge >= 0.3 is 0 Å². The van der Waals surface area contributed by atoms with E-state index in [-0.39, 0.29) is 18.9 Å². The normalized spacial score (nSPS) is 13.0. The van der Waals surface area contributed by atoms with E-state index in [0.29, 0.717) is 6.61 Å². The van der Waals surface area contributed by atoms with Crippen LogP contribution in [0, 0.1) is 0 Å². The van der Waals surface area contributed by atoms with Gasteiger partial charge in [-0.3, -0.25) is 4.79 Å². The number of hydrogen-bond donors (Lipinski definition) is 2. The topological polar surface area (TPSA) is 72.6 Å². The van der Waals surface area contributed by atoms with Crippen molar-refractivity contribution in [1.82, 2.24) is 0 Å². The largest absolute Gasteiger partial charge is 0.391 e. The van der Waals surface area contributed by atoms with Crippen LogP contribution in [0.2, 0.25) is 0 Å². The summed E-state index contributed by atoms with van der Waals surface area (Å²) in [6.45, 7) is 2.16. The Morgan fingerprint density at radius 1 is 1.80 bits per heavy atom. The molecule has 0 saturated heterocycles. The zero-order valence-corrected chi connectivity index (χ0v) is 6.04. The van der Waals surface area contributed by atoms with E-state index in [9.17, 15) is 4.79 Å². The first-order chi connectivity index (χ1) is 4.63. The third-order valence-corrected chi connectivity index (χ3v) is 0.852. The minimum atomic E-state index is -0.479. The van der Waals surface area contributed by atoms with Crippen molar-refractivity contribution in [2.45, 2.75) is 19.4 Å². The number of primary amides is 1. The molecule has 60 valence electrons. The van der Waals surface area contributed by atoms with Crippen molar-refractivity contribution in [2.24, 2.45) is 5.73 Å². The molecule has 0 bridgehead atoms. The van der Waals surface area contributed by atoms with Crippen molar-refractivity contribution in [3.63, 3.8) is 0 Å². The van der Waals surface area contributed by atoms with E-state index in [1.54, 1.807) is 6.92 Å². The molecule has 0 rings (SSSR count). The average molecular weight is 147 g/mol. The molecule has 1 atom stereocenters. The van der Waals surface area contributed by atoms with Crippen molar-refractivity contribution < 1.29 is 14.6 Å². The highest BCUT2D eigenvalue weighted by Crippen LogP contribution is 1.84. The third kappa shape index (κ3) is 7.39. The Hall–Kier alpha value is -0.610. The second-order valence-corrected chi connectivity index (χ2v) is 2.14. The van der Waals surface area contributed by atoms with Gasteiger partial charge in [0.2, 0.25) is 5.91 Å². The van der Waals surface area contributed by atoms with Gasteiger partial charge in [0, 0.05) is 6.42 Å². The van der Waals surface area contributed by atoms with E-state index in [1.807, 2.05) is 0 Å². The van der Waals surface area contributed by atoms with Crippen molar-refractivity contribution >= 4 is 5.91 Å². The van der Waals surface area contributed by atoms with E-state index in [1.165, 1.54) is 0 Å². The fourth-order valence-electron chi connectivity index (χ4n) is 0.427. The summed E-state index contributed by atoms with van der Waals surface area (Å²) in [6, 6.07) is 0. The lowest BCUT2D eigenvalue weighted by Crippen LogP contribution is -2.16. The molecule has 3 N–H and O–H groups in total. The van der Waals surface area contributed by atoms with Crippen LogP contribution in [-0.2, 0) is 9.53 Å². The van der Waals surface area contributed by atoms with Crippen LogP contribution < -0.4 is 5.73 Å².